The van der Waals surface area contributed by atoms with Crippen LogP contribution in [0, 0.1) is 0 Å². The van der Waals surface area contributed by atoms with E-state index in [1.54, 1.807) is 0 Å². The Morgan fingerprint density at radius 1 is 0.192 bits per heavy atom. The van der Waals surface area contributed by atoms with Gasteiger partial charge in [-0.25, -0.2) is 29.9 Å². The predicted octanol–water partition coefficient (Wildman–Crippen LogP) is 15.8. The van der Waals surface area contributed by atoms with Crippen molar-refractivity contribution < 1.29 is 0 Å². The molecule has 2 aromatic heterocycles. The SMILES string of the molecule is c1ccc(-c2nc(-c3ccccc3)nc(-c3cccc(-c4cccc(C5(c6cccc(-c7cccc(-c8nc(-c9ccccc9)nc(-c9ccccc9)n8)c7)c6)c6ccccc6-c6ccccc65)c4)c3)n2)cc1. The van der Waals surface area contributed by atoms with E-state index in [0.29, 0.717) is 34.9 Å². The average Bonchev–Trinajstić information content (AvgIpc) is 3.80. The highest BCUT2D eigenvalue weighted by Crippen LogP contribution is 2.56. The molecule has 0 unspecified atom stereocenters. The largest absolute Gasteiger partial charge is 0.208 e. The number of fused-ring (bicyclic) bond motifs is 3. The number of benzene rings is 10. The Balaban J connectivity index is 0.936. The molecule has 1 aliphatic carbocycles. The second kappa shape index (κ2) is 18.5. The molecule has 0 atom stereocenters. The molecule has 13 rings (SSSR count). The number of nitrogens with zero attached hydrogens (tertiary/aromatic N) is 6. The van der Waals surface area contributed by atoms with Crippen LogP contribution in [0.3, 0.4) is 0 Å². The molecular weight excluding hydrogens is 889 g/mol. The molecule has 6 heteroatoms. The zero-order chi connectivity index (χ0) is 48.6. The maximum atomic E-state index is 5.07. The topological polar surface area (TPSA) is 77.3 Å². The summed E-state index contributed by atoms with van der Waals surface area (Å²) in [7, 11) is 0. The molecule has 6 nitrogen and oxygen atoms in total. The van der Waals surface area contributed by atoms with Gasteiger partial charge < -0.3 is 0 Å². The first-order valence-corrected chi connectivity index (χ1v) is 24.5. The summed E-state index contributed by atoms with van der Waals surface area (Å²) < 4.78 is 0. The van der Waals surface area contributed by atoms with Crippen LogP contribution in [0.15, 0.2) is 267 Å². The van der Waals surface area contributed by atoms with Gasteiger partial charge in [-0.05, 0) is 79.9 Å². The summed E-state index contributed by atoms with van der Waals surface area (Å²) in [5, 5.41) is 0. The molecule has 1 aliphatic rings. The fourth-order valence-corrected chi connectivity index (χ4v) is 10.4. The van der Waals surface area contributed by atoms with Gasteiger partial charge in [0.15, 0.2) is 34.9 Å². The summed E-state index contributed by atoms with van der Waals surface area (Å²) in [6.45, 7) is 0. The normalized spacial score (nSPS) is 12.2. The third kappa shape index (κ3) is 7.97. The van der Waals surface area contributed by atoms with Gasteiger partial charge in [-0.1, -0.05) is 243 Å². The van der Waals surface area contributed by atoms with Gasteiger partial charge in [0.1, 0.15) is 0 Å². The average molecular weight is 933 g/mol. The van der Waals surface area contributed by atoms with E-state index in [0.717, 1.165) is 55.6 Å². The molecule has 342 valence electrons. The molecule has 10 aromatic carbocycles. The lowest BCUT2D eigenvalue weighted by atomic mass is 9.67. The summed E-state index contributed by atoms with van der Waals surface area (Å²) in [5.74, 6) is 3.76. The standard InChI is InChI=1S/C67H44N6/c1-5-21-45(22-6-1)61-68-62(46-23-7-2-8-24-46)71-65(70-61)53-33-17-29-49(41-53)51-31-19-35-55(43-51)67(59-39-15-13-37-57(59)58-38-14-16-40-60(58)67)56-36-20-32-52(44-56)50-30-18-34-54(42-50)66-72-63(47-25-9-3-10-26-47)69-64(73-66)48-27-11-4-12-28-48/h1-44H. The number of hydrogen-bond donors (Lipinski definition) is 0. The van der Waals surface area contributed by atoms with Crippen LogP contribution in [-0.4, -0.2) is 29.9 Å². The van der Waals surface area contributed by atoms with Crippen LogP contribution < -0.4 is 0 Å². The van der Waals surface area contributed by atoms with E-state index in [9.17, 15) is 0 Å². The summed E-state index contributed by atoms with van der Waals surface area (Å²) in [6, 6.07) is 93.5. The van der Waals surface area contributed by atoms with Crippen molar-refractivity contribution in [3.63, 3.8) is 0 Å². The zero-order valence-electron chi connectivity index (χ0n) is 39.6. The quantitative estimate of drug-likeness (QED) is 0.136. The summed E-state index contributed by atoms with van der Waals surface area (Å²) in [6.07, 6.45) is 0. The Kier molecular flexibility index (Phi) is 11.0. The van der Waals surface area contributed by atoms with Crippen molar-refractivity contribution in [2.24, 2.45) is 0 Å². The summed E-state index contributed by atoms with van der Waals surface area (Å²) >= 11 is 0. The van der Waals surface area contributed by atoms with Crippen molar-refractivity contribution in [3.8, 4) is 102 Å². The lowest BCUT2D eigenvalue weighted by Crippen LogP contribution is -2.28. The van der Waals surface area contributed by atoms with Gasteiger partial charge in [-0.15, -0.1) is 0 Å². The van der Waals surface area contributed by atoms with Crippen molar-refractivity contribution in [3.05, 3.63) is 289 Å². The minimum absolute atomic E-state index is 0.616. The Morgan fingerprint density at radius 2 is 0.438 bits per heavy atom. The molecule has 12 aromatic rings. The van der Waals surface area contributed by atoms with E-state index in [4.69, 9.17) is 29.9 Å². The zero-order valence-corrected chi connectivity index (χ0v) is 39.6. The smallest absolute Gasteiger partial charge is 0.164 e. The van der Waals surface area contributed by atoms with Gasteiger partial charge in [0, 0.05) is 33.4 Å². The van der Waals surface area contributed by atoms with Crippen molar-refractivity contribution in [2.75, 3.05) is 0 Å². The van der Waals surface area contributed by atoms with E-state index in [1.165, 1.54) is 33.4 Å². The number of hydrogen-bond acceptors (Lipinski definition) is 6. The minimum atomic E-state index is -0.652. The first-order valence-electron chi connectivity index (χ1n) is 24.5. The molecule has 0 fully saturated rings. The van der Waals surface area contributed by atoms with Crippen LogP contribution in [0.1, 0.15) is 22.3 Å². The lowest BCUT2D eigenvalue weighted by Gasteiger charge is -2.34. The molecule has 0 amide bonds. The van der Waals surface area contributed by atoms with E-state index in [1.807, 2.05) is 121 Å². The van der Waals surface area contributed by atoms with E-state index in [-0.39, 0.29) is 0 Å². The van der Waals surface area contributed by atoms with E-state index >= 15 is 0 Å². The van der Waals surface area contributed by atoms with Crippen LogP contribution in [0.4, 0.5) is 0 Å². The maximum Gasteiger partial charge on any atom is 0.164 e. The second-order valence-corrected chi connectivity index (χ2v) is 18.2. The maximum absolute atomic E-state index is 5.07. The summed E-state index contributed by atoms with van der Waals surface area (Å²) in [4.78, 5) is 30.2. The lowest BCUT2D eigenvalue weighted by molar-refractivity contribution is 0.769. The van der Waals surface area contributed by atoms with Crippen LogP contribution in [0.25, 0.3) is 102 Å². The van der Waals surface area contributed by atoms with Crippen LogP contribution >= 0.6 is 0 Å². The molecule has 0 aliphatic heterocycles. The molecule has 73 heavy (non-hydrogen) atoms. The second-order valence-electron chi connectivity index (χ2n) is 18.2. The van der Waals surface area contributed by atoms with Crippen molar-refractivity contribution in [1.82, 2.24) is 29.9 Å². The van der Waals surface area contributed by atoms with Crippen LogP contribution in [0.5, 0.6) is 0 Å². The molecule has 0 spiro atoms. The molecule has 0 saturated heterocycles. The predicted molar refractivity (Wildman–Crippen MR) is 294 cm³/mol. The highest BCUT2D eigenvalue weighted by atomic mass is 15.0. The van der Waals surface area contributed by atoms with Gasteiger partial charge in [0.2, 0.25) is 0 Å². The number of aromatic nitrogens is 6. The Bertz CT molecular complexity index is 3600. The fraction of sp³-hybridized carbons (Fsp3) is 0.0149. The molecular formula is C67H44N6. The summed E-state index contributed by atoms with van der Waals surface area (Å²) in [5.41, 5.74) is 16.5. The molecule has 0 N–H and O–H groups in total. The Labute approximate surface area is 424 Å². The third-order valence-corrected chi connectivity index (χ3v) is 13.9. The van der Waals surface area contributed by atoms with Gasteiger partial charge in [-0.2, -0.15) is 0 Å². The van der Waals surface area contributed by atoms with Crippen LogP contribution in [-0.2, 0) is 5.41 Å². The molecule has 0 bridgehead atoms. The van der Waals surface area contributed by atoms with Gasteiger partial charge >= 0.3 is 0 Å². The van der Waals surface area contributed by atoms with E-state index in [2.05, 4.69) is 146 Å². The minimum Gasteiger partial charge on any atom is -0.208 e. The van der Waals surface area contributed by atoms with Gasteiger partial charge in [0.25, 0.3) is 0 Å². The molecule has 2 heterocycles. The first-order chi connectivity index (χ1) is 36.2. The molecule has 0 saturated carbocycles. The highest BCUT2D eigenvalue weighted by molar-refractivity contribution is 5.88. The van der Waals surface area contributed by atoms with Gasteiger partial charge in [-0.3, -0.25) is 0 Å². The highest BCUT2D eigenvalue weighted by Gasteiger charge is 2.46. The monoisotopic (exact) mass is 932 g/mol. The third-order valence-electron chi connectivity index (χ3n) is 13.9. The fourth-order valence-electron chi connectivity index (χ4n) is 10.4. The van der Waals surface area contributed by atoms with Crippen LogP contribution in [0.2, 0.25) is 0 Å². The van der Waals surface area contributed by atoms with Crippen molar-refractivity contribution in [1.29, 1.82) is 0 Å². The Morgan fingerprint density at radius 3 is 0.781 bits per heavy atom. The molecule has 0 radical (unpaired) electrons. The Hall–Kier alpha value is -9.78. The number of rotatable bonds is 10. The van der Waals surface area contributed by atoms with Gasteiger partial charge in [0.05, 0.1) is 5.41 Å². The first kappa shape index (κ1) is 43.3. The van der Waals surface area contributed by atoms with E-state index < -0.39 is 5.41 Å². The van der Waals surface area contributed by atoms with Crippen molar-refractivity contribution >= 4 is 0 Å². The van der Waals surface area contributed by atoms with Crippen molar-refractivity contribution in [2.45, 2.75) is 5.41 Å².